The molecule has 0 spiro atoms. The lowest BCUT2D eigenvalue weighted by atomic mass is 10.1. The molecule has 0 aliphatic heterocycles. The third kappa shape index (κ3) is 1.80. The van der Waals surface area contributed by atoms with Gasteiger partial charge in [0.25, 0.3) is 0 Å². The van der Waals surface area contributed by atoms with Gasteiger partial charge in [0.2, 0.25) is 0 Å². The molecule has 2 aromatic rings. The molecule has 66 valence electrons. The van der Waals surface area contributed by atoms with E-state index in [9.17, 15) is 4.39 Å². The number of hydrogen-bond acceptors (Lipinski definition) is 0. The first-order chi connectivity index (χ1) is 6.25. The van der Waals surface area contributed by atoms with Crippen LogP contribution < -0.4 is 0 Å². The maximum atomic E-state index is 12.6. The van der Waals surface area contributed by atoms with Gasteiger partial charge in [-0.3, -0.25) is 0 Å². The molecule has 1 nitrogen and oxygen atoms in total. The van der Waals surface area contributed by atoms with Crippen LogP contribution in [0.25, 0.3) is 11.3 Å². The van der Waals surface area contributed by atoms with Crippen LogP contribution in [-0.4, -0.2) is 4.98 Å². The lowest BCUT2D eigenvalue weighted by Gasteiger charge is -1.96. The Hall–Kier alpha value is -1.09. The summed E-state index contributed by atoms with van der Waals surface area (Å²) in [5.41, 5.74) is 1.96. The van der Waals surface area contributed by atoms with Crippen molar-refractivity contribution >= 4 is 15.9 Å². The van der Waals surface area contributed by atoms with Crippen molar-refractivity contribution in [3.05, 3.63) is 46.8 Å². The monoisotopic (exact) mass is 239 g/mol. The molecule has 1 aromatic carbocycles. The third-order valence-electron chi connectivity index (χ3n) is 1.81. The first kappa shape index (κ1) is 8.51. The van der Waals surface area contributed by atoms with Crippen LogP contribution in [0.4, 0.5) is 4.39 Å². The second kappa shape index (κ2) is 3.34. The van der Waals surface area contributed by atoms with Gasteiger partial charge in [-0.05, 0) is 57.9 Å². The largest absolute Gasteiger partial charge is 0.349 e. The molecule has 2 rings (SSSR count). The van der Waals surface area contributed by atoms with Crippen LogP contribution >= 0.6 is 15.9 Å². The van der Waals surface area contributed by atoms with E-state index in [0.29, 0.717) is 0 Å². The van der Waals surface area contributed by atoms with Crippen molar-refractivity contribution in [2.75, 3.05) is 0 Å². The molecular formula is C10H7BrFN. The van der Waals surface area contributed by atoms with Crippen molar-refractivity contribution in [1.82, 2.24) is 4.98 Å². The molecule has 3 heteroatoms. The maximum absolute atomic E-state index is 12.6. The molecule has 0 saturated carbocycles. The fraction of sp³-hybridized carbons (Fsp3) is 0. The van der Waals surface area contributed by atoms with Gasteiger partial charge in [0.1, 0.15) is 5.82 Å². The molecule has 1 aromatic heterocycles. The minimum atomic E-state index is -0.214. The van der Waals surface area contributed by atoms with E-state index in [0.717, 1.165) is 15.9 Å². The molecule has 0 bridgehead atoms. The molecular weight excluding hydrogens is 233 g/mol. The minimum absolute atomic E-state index is 0.214. The number of benzene rings is 1. The smallest absolute Gasteiger partial charge is 0.123 e. The van der Waals surface area contributed by atoms with E-state index in [4.69, 9.17) is 0 Å². The number of rotatable bonds is 1. The van der Waals surface area contributed by atoms with Crippen LogP contribution in [0.3, 0.4) is 0 Å². The average Bonchev–Trinajstić information content (AvgIpc) is 2.53. The molecule has 0 saturated heterocycles. The Bertz CT molecular complexity index is 405. The van der Waals surface area contributed by atoms with Crippen molar-refractivity contribution in [2.24, 2.45) is 0 Å². The lowest BCUT2D eigenvalue weighted by molar-refractivity contribution is 0.628. The summed E-state index contributed by atoms with van der Waals surface area (Å²) in [6.45, 7) is 0. The predicted octanol–water partition coefficient (Wildman–Crippen LogP) is 3.58. The molecule has 0 atom stereocenters. The van der Waals surface area contributed by atoms with E-state index >= 15 is 0 Å². The number of hydrogen-bond donors (Lipinski definition) is 1. The molecule has 0 aliphatic rings. The Labute approximate surface area is 83.7 Å². The summed E-state index contributed by atoms with van der Waals surface area (Å²) in [6, 6.07) is 10.2. The first-order valence-electron chi connectivity index (χ1n) is 3.86. The standard InChI is InChI=1S/C10H7BrFN/c11-10-6-5-9(13-10)7-1-3-8(12)4-2-7/h1-6,13H. The summed E-state index contributed by atoms with van der Waals surface area (Å²) in [4.78, 5) is 3.11. The Morgan fingerprint density at radius 2 is 1.69 bits per heavy atom. The summed E-state index contributed by atoms with van der Waals surface area (Å²) in [5.74, 6) is -0.214. The van der Waals surface area contributed by atoms with Gasteiger partial charge in [-0.1, -0.05) is 0 Å². The predicted molar refractivity (Wildman–Crippen MR) is 53.9 cm³/mol. The fourth-order valence-corrected chi connectivity index (χ4v) is 1.51. The van der Waals surface area contributed by atoms with Crippen LogP contribution in [0.15, 0.2) is 41.0 Å². The number of aromatic amines is 1. The van der Waals surface area contributed by atoms with Crippen LogP contribution in [0.5, 0.6) is 0 Å². The molecule has 1 N–H and O–H groups in total. The summed E-state index contributed by atoms with van der Waals surface area (Å²) >= 11 is 3.31. The van der Waals surface area contributed by atoms with Crippen molar-refractivity contribution in [2.45, 2.75) is 0 Å². The van der Waals surface area contributed by atoms with Crippen molar-refractivity contribution < 1.29 is 4.39 Å². The molecule has 0 aliphatic carbocycles. The molecule has 0 radical (unpaired) electrons. The molecule has 0 fully saturated rings. The summed E-state index contributed by atoms with van der Waals surface area (Å²) in [7, 11) is 0. The quantitative estimate of drug-likeness (QED) is 0.784. The normalized spacial score (nSPS) is 10.3. The van der Waals surface area contributed by atoms with E-state index in [1.54, 1.807) is 12.1 Å². The van der Waals surface area contributed by atoms with Gasteiger partial charge >= 0.3 is 0 Å². The van der Waals surface area contributed by atoms with Gasteiger partial charge in [0, 0.05) is 5.69 Å². The molecule has 13 heavy (non-hydrogen) atoms. The molecule has 0 unspecified atom stereocenters. The maximum Gasteiger partial charge on any atom is 0.123 e. The lowest BCUT2D eigenvalue weighted by Crippen LogP contribution is -1.77. The first-order valence-corrected chi connectivity index (χ1v) is 4.65. The van der Waals surface area contributed by atoms with Crippen LogP contribution in [0.1, 0.15) is 0 Å². The second-order valence-corrected chi connectivity index (χ2v) is 3.58. The van der Waals surface area contributed by atoms with Gasteiger partial charge < -0.3 is 4.98 Å². The highest BCUT2D eigenvalue weighted by Crippen LogP contribution is 2.20. The van der Waals surface area contributed by atoms with Gasteiger partial charge in [0.15, 0.2) is 0 Å². The highest BCUT2D eigenvalue weighted by atomic mass is 79.9. The van der Waals surface area contributed by atoms with Gasteiger partial charge in [-0.25, -0.2) is 4.39 Å². The Morgan fingerprint density at radius 1 is 1.00 bits per heavy atom. The number of H-pyrrole nitrogens is 1. The molecule has 1 heterocycles. The zero-order valence-electron chi connectivity index (χ0n) is 6.72. The van der Waals surface area contributed by atoms with Crippen LogP contribution in [0, 0.1) is 5.82 Å². The summed E-state index contributed by atoms with van der Waals surface area (Å²) < 4.78 is 13.5. The van der Waals surface area contributed by atoms with Crippen LogP contribution in [0.2, 0.25) is 0 Å². The van der Waals surface area contributed by atoms with Gasteiger partial charge in [0.05, 0.1) is 4.60 Å². The third-order valence-corrected chi connectivity index (χ3v) is 2.27. The topological polar surface area (TPSA) is 15.8 Å². The Kier molecular flexibility index (Phi) is 2.19. The SMILES string of the molecule is Fc1ccc(-c2ccc(Br)[nH]2)cc1. The highest BCUT2D eigenvalue weighted by Gasteiger charge is 1.99. The van der Waals surface area contributed by atoms with Crippen molar-refractivity contribution in [3.8, 4) is 11.3 Å². The van der Waals surface area contributed by atoms with Crippen molar-refractivity contribution in [3.63, 3.8) is 0 Å². The number of aromatic nitrogens is 1. The zero-order chi connectivity index (χ0) is 9.26. The zero-order valence-corrected chi connectivity index (χ0v) is 8.31. The van der Waals surface area contributed by atoms with E-state index in [2.05, 4.69) is 20.9 Å². The summed E-state index contributed by atoms with van der Waals surface area (Å²) in [6.07, 6.45) is 0. The van der Waals surface area contributed by atoms with Gasteiger partial charge in [-0.15, -0.1) is 0 Å². The van der Waals surface area contributed by atoms with Crippen LogP contribution in [-0.2, 0) is 0 Å². The van der Waals surface area contributed by atoms with E-state index < -0.39 is 0 Å². The Morgan fingerprint density at radius 3 is 2.23 bits per heavy atom. The van der Waals surface area contributed by atoms with Crippen molar-refractivity contribution in [1.29, 1.82) is 0 Å². The van der Waals surface area contributed by atoms with E-state index in [1.165, 1.54) is 12.1 Å². The number of nitrogens with one attached hydrogen (secondary N) is 1. The summed E-state index contributed by atoms with van der Waals surface area (Å²) in [5, 5.41) is 0. The highest BCUT2D eigenvalue weighted by molar-refractivity contribution is 9.10. The number of halogens is 2. The van der Waals surface area contributed by atoms with Gasteiger partial charge in [-0.2, -0.15) is 0 Å². The molecule has 0 amide bonds. The minimum Gasteiger partial charge on any atom is -0.349 e. The average molecular weight is 240 g/mol. The fourth-order valence-electron chi connectivity index (χ4n) is 1.17. The second-order valence-electron chi connectivity index (χ2n) is 2.73. The van der Waals surface area contributed by atoms with E-state index in [-0.39, 0.29) is 5.82 Å². The van der Waals surface area contributed by atoms with E-state index in [1.807, 2.05) is 12.1 Å². The Balaban J connectivity index is 2.41.